The van der Waals surface area contributed by atoms with Crippen LogP contribution in [0.1, 0.15) is 0 Å². The smallest absolute Gasteiger partial charge is 0.162 e. The number of benzene rings is 2. The Morgan fingerprint density at radius 2 is 1.80 bits per heavy atom. The van der Waals surface area contributed by atoms with E-state index in [4.69, 9.17) is 14.2 Å². The maximum absolute atomic E-state index is 14.0. The molecule has 126 valence electrons. The molecule has 7 heteroatoms. The monoisotopic (exact) mass is 356 g/mol. The molecule has 0 unspecified atom stereocenters. The highest BCUT2D eigenvalue weighted by molar-refractivity contribution is 7.78. The first-order chi connectivity index (χ1) is 12.2. The molecule has 0 amide bonds. The van der Waals surface area contributed by atoms with Crippen LogP contribution in [0.3, 0.4) is 0 Å². The lowest BCUT2D eigenvalue weighted by atomic mass is 10.2. The minimum Gasteiger partial charge on any atom is -0.493 e. The van der Waals surface area contributed by atoms with Crippen LogP contribution in [0.4, 0.5) is 10.1 Å². The Balaban J connectivity index is 2.04. The normalized spacial score (nSPS) is 10.2. The van der Waals surface area contributed by atoms with Gasteiger partial charge in [0.25, 0.3) is 0 Å². The Bertz CT molecular complexity index is 987. The quantitative estimate of drug-likeness (QED) is 0.480. The van der Waals surface area contributed by atoms with E-state index in [1.54, 1.807) is 44.7 Å². The second kappa shape index (κ2) is 7.25. The largest absolute Gasteiger partial charge is 0.493 e. The van der Waals surface area contributed by atoms with Crippen LogP contribution < -0.4 is 14.2 Å². The minimum absolute atomic E-state index is 0.105. The molecule has 0 N–H and O–H groups in total. The fourth-order valence-corrected chi connectivity index (χ4v) is 2.45. The molecule has 0 atom stereocenters. The van der Waals surface area contributed by atoms with E-state index in [9.17, 15) is 4.39 Å². The number of fused-ring (bicyclic) bond motifs is 1. The summed E-state index contributed by atoms with van der Waals surface area (Å²) in [5.74, 6) is 1.39. The molecule has 3 aromatic rings. The van der Waals surface area contributed by atoms with Crippen molar-refractivity contribution in [2.24, 2.45) is 4.99 Å². The molecule has 0 spiro atoms. The molecular formula is C18H13FN2O3S. The van der Waals surface area contributed by atoms with Gasteiger partial charge in [-0.15, -0.1) is 0 Å². The Labute approximate surface area is 148 Å². The summed E-state index contributed by atoms with van der Waals surface area (Å²) in [4.78, 5) is 7.94. The van der Waals surface area contributed by atoms with Gasteiger partial charge in [0, 0.05) is 23.7 Å². The van der Waals surface area contributed by atoms with Crippen LogP contribution in [0.2, 0.25) is 0 Å². The van der Waals surface area contributed by atoms with Gasteiger partial charge >= 0.3 is 0 Å². The minimum atomic E-state index is -0.549. The number of hydrogen-bond acceptors (Lipinski definition) is 6. The molecule has 0 aliphatic carbocycles. The topological polar surface area (TPSA) is 52.9 Å². The fraction of sp³-hybridized carbons (Fsp3) is 0.111. The third-order valence-electron chi connectivity index (χ3n) is 3.52. The molecular weight excluding hydrogens is 343 g/mol. The van der Waals surface area contributed by atoms with E-state index >= 15 is 0 Å². The van der Waals surface area contributed by atoms with Gasteiger partial charge < -0.3 is 14.2 Å². The van der Waals surface area contributed by atoms with Crippen molar-refractivity contribution in [3.05, 3.63) is 48.4 Å². The number of isothiocyanates is 1. The summed E-state index contributed by atoms with van der Waals surface area (Å²) in [5, 5.41) is 2.84. The molecule has 2 aromatic carbocycles. The van der Waals surface area contributed by atoms with Gasteiger partial charge in [0.2, 0.25) is 0 Å². The molecule has 25 heavy (non-hydrogen) atoms. The lowest BCUT2D eigenvalue weighted by Gasteiger charge is -2.12. The molecule has 0 saturated carbocycles. The third-order valence-corrected chi connectivity index (χ3v) is 3.61. The number of aliphatic imine (C=N–C) groups is 1. The Morgan fingerprint density at radius 3 is 2.48 bits per heavy atom. The highest BCUT2D eigenvalue weighted by Gasteiger charge is 2.12. The average molecular weight is 356 g/mol. The van der Waals surface area contributed by atoms with Crippen LogP contribution in [0, 0.1) is 5.82 Å². The number of pyridine rings is 1. The number of hydrogen-bond donors (Lipinski definition) is 0. The predicted molar refractivity (Wildman–Crippen MR) is 96.0 cm³/mol. The molecule has 0 bridgehead atoms. The fourth-order valence-electron chi connectivity index (χ4n) is 2.35. The molecule has 0 radical (unpaired) electrons. The first kappa shape index (κ1) is 16.8. The molecule has 0 fully saturated rings. The van der Waals surface area contributed by atoms with Gasteiger partial charge in [-0.3, -0.25) is 4.98 Å². The van der Waals surface area contributed by atoms with Crippen LogP contribution >= 0.6 is 12.2 Å². The lowest BCUT2D eigenvalue weighted by Crippen LogP contribution is -1.93. The van der Waals surface area contributed by atoms with Crippen molar-refractivity contribution in [3.8, 4) is 23.0 Å². The highest BCUT2D eigenvalue weighted by atomic mass is 32.1. The zero-order valence-corrected chi connectivity index (χ0v) is 14.3. The number of ether oxygens (including phenoxy) is 3. The highest BCUT2D eigenvalue weighted by Crippen LogP contribution is 2.37. The number of thiocarbonyl (C=S) groups is 1. The van der Waals surface area contributed by atoms with Gasteiger partial charge in [-0.05, 0) is 36.5 Å². The number of nitrogens with zero attached hydrogens (tertiary/aromatic N) is 2. The first-order valence-corrected chi connectivity index (χ1v) is 7.63. The number of rotatable bonds is 5. The van der Waals surface area contributed by atoms with Crippen molar-refractivity contribution in [2.75, 3.05) is 14.2 Å². The number of aromatic nitrogens is 1. The zero-order chi connectivity index (χ0) is 17.8. The second-order valence-corrected chi connectivity index (χ2v) is 5.13. The zero-order valence-electron chi connectivity index (χ0n) is 13.4. The van der Waals surface area contributed by atoms with E-state index in [1.165, 1.54) is 12.1 Å². The third kappa shape index (κ3) is 3.42. The molecule has 0 saturated heterocycles. The van der Waals surface area contributed by atoms with Gasteiger partial charge in [0.05, 0.1) is 24.9 Å². The summed E-state index contributed by atoms with van der Waals surface area (Å²) in [6, 6.07) is 9.50. The summed E-state index contributed by atoms with van der Waals surface area (Å²) < 4.78 is 30.4. The van der Waals surface area contributed by atoms with Gasteiger partial charge in [-0.25, -0.2) is 4.39 Å². The van der Waals surface area contributed by atoms with Crippen molar-refractivity contribution in [3.63, 3.8) is 0 Å². The van der Waals surface area contributed by atoms with E-state index < -0.39 is 5.82 Å². The summed E-state index contributed by atoms with van der Waals surface area (Å²) in [6.07, 6.45) is 1.60. The summed E-state index contributed by atoms with van der Waals surface area (Å²) in [6.45, 7) is 0. The van der Waals surface area contributed by atoms with Crippen molar-refractivity contribution in [1.29, 1.82) is 0 Å². The SMILES string of the molecule is COc1cc2nccc(Oc3ccc(N=C=S)c(F)c3)c2cc1OC. The first-order valence-electron chi connectivity index (χ1n) is 7.22. The summed E-state index contributed by atoms with van der Waals surface area (Å²) in [5.41, 5.74) is 0.769. The number of methoxy groups -OCH3 is 2. The van der Waals surface area contributed by atoms with Crippen LogP contribution in [0.25, 0.3) is 10.9 Å². The molecule has 1 heterocycles. The van der Waals surface area contributed by atoms with E-state index in [2.05, 4.69) is 27.4 Å². The van der Waals surface area contributed by atoms with E-state index in [-0.39, 0.29) is 5.69 Å². The predicted octanol–water partition coefficient (Wildman–Crippen LogP) is 4.92. The Morgan fingerprint density at radius 1 is 1.04 bits per heavy atom. The Kier molecular flexibility index (Phi) is 4.88. The standard InChI is InChI=1S/C18H13FN2O3S/c1-22-17-8-12-15(9-18(17)23-2)20-6-5-16(12)24-11-3-4-14(21-10-25)13(19)7-11/h3-9H,1-2H3. The van der Waals surface area contributed by atoms with Crippen LogP contribution in [0.5, 0.6) is 23.0 Å². The molecule has 5 nitrogen and oxygen atoms in total. The van der Waals surface area contributed by atoms with Crippen molar-refractivity contribution < 1.29 is 18.6 Å². The van der Waals surface area contributed by atoms with Crippen LogP contribution in [-0.4, -0.2) is 24.4 Å². The maximum Gasteiger partial charge on any atom is 0.162 e. The van der Waals surface area contributed by atoms with Crippen LogP contribution in [0.15, 0.2) is 47.6 Å². The van der Waals surface area contributed by atoms with E-state index in [0.717, 1.165) is 0 Å². The van der Waals surface area contributed by atoms with Crippen molar-refractivity contribution in [1.82, 2.24) is 4.98 Å². The van der Waals surface area contributed by atoms with Gasteiger partial charge in [0.1, 0.15) is 17.2 Å². The molecule has 0 aliphatic heterocycles. The summed E-state index contributed by atoms with van der Waals surface area (Å²) in [7, 11) is 3.10. The molecule has 3 rings (SSSR count). The Hall–Kier alpha value is -3.02. The van der Waals surface area contributed by atoms with E-state index in [1.807, 2.05) is 0 Å². The van der Waals surface area contributed by atoms with Crippen molar-refractivity contribution >= 4 is 34.0 Å². The maximum atomic E-state index is 14.0. The number of halogens is 1. The lowest BCUT2D eigenvalue weighted by molar-refractivity contribution is 0.355. The van der Waals surface area contributed by atoms with Gasteiger partial charge in [-0.2, -0.15) is 4.99 Å². The van der Waals surface area contributed by atoms with Gasteiger partial charge in [-0.1, -0.05) is 0 Å². The van der Waals surface area contributed by atoms with E-state index in [0.29, 0.717) is 33.9 Å². The molecule has 0 aliphatic rings. The molecule has 1 aromatic heterocycles. The average Bonchev–Trinajstić information content (AvgIpc) is 2.63. The van der Waals surface area contributed by atoms with Crippen LogP contribution in [-0.2, 0) is 0 Å². The van der Waals surface area contributed by atoms with Gasteiger partial charge in [0.15, 0.2) is 17.3 Å². The summed E-state index contributed by atoms with van der Waals surface area (Å²) >= 11 is 4.48. The van der Waals surface area contributed by atoms with Crippen molar-refractivity contribution in [2.45, 2.75) is 0 Å². The second-order valence-electron chi connectivity index (χ2n) is 4.95.